The van der Waals surface area contributed by atoms with Crippen molar-refractivity contribution in [1.82, 2.24) is 20.6 Å². The molecule has 36 heavy (non-hydrogen) atoms. The van der Waals surface area contributed by atoms with Gasteiger partial charge in [0.25, 0.3) is 11.8 Å². The van der Waals surface area contributed by atoms with Gasteiger partial charge in [-0.25, -0.2) is 4.98 Å². The van der Waals surface area contributed by atoms with Crippen LogP contribution >= 0.6 is 0 Å². The number of amides is 2. The number of imidazole rings is 1. The topological polar surface area (TPSA) is 86.9 Å². The molecule has 4 saturated carbocycles. The molecular formula is C30H36N4O2. The average molecular weight is 485 g/mol. The summed E-state index contributed by atoms with van der Waals surface area (Å²) in [5.74, 6) is 2.69. The number of fused-ring (bicyclic) bond motifs is 4. The Hall–Kier alpha value is -3.15. The lowest BCUT2D eigenvalue weighted by molar-refractivity contribution is 0.0810. The van der Waals surface area contributed by atoms with E-state index >= 15 is 0 Å². The molecule has 2 aromatic carbocycles. The van der Waals surface area contributed by atoms with E-state index in [0.717, 1.165) is 41.2 Å². The Morgan fingerprint density at radius 2 is 1.53 bits per heavy atom. The van der Waals surface area contributed by atoms with Crippen molar-refractivity contribution in [1.29, 1.82) is 0 Å². The first-order chi connectivity index (χ1) is 17.5. The van der Waals surface area contributed by atoms with Crippen LogP contribution in [0, 0.1) is 17.8 Å². The Kier molecular flexibility index (Phi) is 6.28. The summed E-state index contributed by atoms with van der Waals surface area (Å²) in [4.78, 5) is 33.8. The van der Waals surface area contributed by atoms with Gasteiger partial charge in [0.05, 0.1) is 11.0 Å². The van der Waals surface area contributed by atoms with E-state index in [1.165, 1.54) is 44.9 Å². The minimum Gasteiger partial charge on any atom is -0.349 e. The highest BCUT2D eigenvalue weighted by Gasteiger charge is 2.36. The minimum absolute atomic E-state index is 0.00764. The zero-order valence-electron chi connectivity index (χ0n) is 21.1. The zero-order valence-corrected chi connectivity index (χ0v) is 21.1. The van der Waals surface area contributed by atoms with Crippen LogP contribution < -0.4 is 10.6 Å². The van der Waals surface area contributed by atoms with E-state index in [-0.39, 0.29) is 17.9 Å². The third-order valence-corrected chi connectivity index (χ3v) is 8.96. The molecule has 0 saturated heterocycles. The van der Waals surface area contributed by atoms with Crippen molar-refractivity contribution in [2.75, 3.05) is 0 Å². The van der Waals surface area contributed by atoms with Crippen molar-refractivity contribution >= 4 is 22.8 Å². The van der Waals surface area contributed by atoms with E-state index in [4.69, 9.17) is 4.98 Å². The molecule has 6 heteroatoms. The predicted octanol–water partition coefficient (Wildman–Crippen LogP) is 5.85. The number of H-pyrrole nitrogens is 1. The maximum absolute atomic E-state index is 13.0. The van der Waals surface area contributed by atoms with Gasteiger partial charge in [-0.05, 0) is 80.2 Å². The van der Waals surface area contributed by atoms with Crippen molar-refractivity contribution in [2.24, 2.45) is 17.8 Å². The number of benzene rings is 2. The molecule has 2 amide bonds. The second kappa shape index (κ2) is 9.72. The van der Waals surface area contributed by atoms with Gasteiger partial charge >= 0.3 is 0 Å². The maximum atomic E-state index is 13.0. The molecule has 0 spiro atoms. The molecule has 7 rings (SSSR count). The number of hydrogen-bond donors (Lipinski definition) is 3. The van der Waals surface area contributed by atoms with E-state index < -0.39 is 0 Å². The first kappa shape index (κ1) is 23.3. The second-order valence-electron chi connectivity index (χ2n) is 11.3. The zero-order chi connectivity index (χ0) is 24.6. The summed E-state index contributed by atoms with van der Waals surface area (Å²) >= 11 is 0. The number of nitrogens with zero attached hydrogens (tertiary/aromatic N) is 1. The van der Waals surface area contributed by atoms with E-state index in [0.29, 0.717) is 29.0 Å². The molecule has 2 bridgehead atoms. The largest absolute Gasteiger partial charge is 0.349 e. The molecule has 1 aromatic heterocycles. The summed E-state index contributed by atoms with van der Waals surface area (Å²) in [6.07, 6.45) is 11.0. The highest BCUT2D eigenvalue weighted by Crippen LogP contribution is 2.41. The Balaban J connectivity index is 1.14. The van der Waals surface area contributed by atoms with Crippen molar-refractivity contribution in [3.8, 4) is 11.4 Å². The van der Waals surface area contributed by atoms with Crippen molar-refractivity contribution in [3.63, 3.8) is 0 Å². The predicted molar refractivity (Wildman–Crippen MR) is 142 cm³/mol. The van der Waals surface area contributed by atoms with Crippen LogP contribution in [-0.2, 0) is 0 Å². The fourth-order valence-corrected chi connectivity index (χ4v) is 6.66. The van der Waals surface area contributed by atoms with Crippen LogP contribution in [-0.4, -0.2) is 33.9 Å². The molecule has 1 heterocycles. The Morgan fingerprint density at radius 3 is 2.25 bits per heavy atom. The molecule has 188 valence electrons. The molecule has 4 aliphatic rings. The number of aromatic amines is 1. The Morgan fingerprint density at radius 1 is 0.833 bits per heavy atom. The van der Waals surface area contributed by atoms with Crippen LogP contribution in [0.4, 0.5) is 0 Å². The first-order valence-electron chi connectivity index (χ1n) is 13.8. The summed E-state index contributed by atoms with van der Waals surface area (Å²) in [6.45, 7) is 2.23. The summed E-state index contributed by atoms with van der Waals surface area (Å²) in [6, 6.07) is 13.8. The normalized spacial score (nSPS) is 27.6. The summed E-state index contributed by atoms with van der Waals surface area (Å²) in [5, 5.41) is 6.53. The number of aromatic nitrogens is 2. The lowest BCUT2D eigenvalue weighted by atomic mass is 9.68. The second-order valence-corrected chi connectivity index (χ2v) is 11.3. The smallest absolute Gasteiger partial charge is 0.251 e. The van der Waals surface area contributed by atoms with Crippen LogP contribution in [0.2, 0.25) is 0 Å². The van der Waals surface area contributed by atoms with Gasteiger partial charge in [-0.1, -0.05) is 44.7 Å². The van der Waals surface area contributed by atoms with E-state index in [2.05, 4.69) is 22.5 Å². The Labute approximate surface area is 212 Å². The monoisotopic (exact) mass is 484 g/mol. The van der Waals surface area contributed by atoms with Gasteiger partial charge < -0.3 is 15.6 Å². The van der Waals surface area contributed by atoms with Crippen LogP contribution in [0.5, 0.6) is 0 Å². The van der Waals surface area contributed by atoms with Crippen molar-refractivity contribution in [2.45, 2.75) is 76.8 Å². The van der Waals surface area contributed by atoms with E-state index in [1.807, 2.05) is 42.5 Å². The molecule has 0 radical (unpaired) electrons. The van der Waals surface area contributed by atoms with Gasteiger partial charge in [-0.3, -0.25) is 9.59 Å². The number of carbonyl (C=O) groups excluding carboxylic acids is 2. The van der Waals surface area contributed by atoms with Gasteiger partial charge in [0.15, 0.2) is 0 Å². The quantitative estimate of drug-likeness (QED) is 0.425. The van der Waals surface area contributed by atoms with Crippen LogP contribution in [0.3, 0.4) is 0 Å². The molecule has 0 aliphatic heterocycles. The third kappa shape index (κ3) is 4.65. The SMILES string of the molecule is CC1CCCCC1NC(=O)c1ccc(-c2nc3ccc(C(=O)NC4CC5CCC4CC5)cc3[nH]2)cc1. The van der Waals surface area contributed by atoms with E-state index in [1.54, 1.807) is 0 Å². The molecule has 4 fully saturated rings. The molecule has 3 N–H and O–H groups in total. The van der Waals surface area contributed by atoms with Gasteiger partial charge in [0.2, 0.25) is 0 Å². The molecule has 4 aliphatic carbocycles. The lowest BCUT2D eigenvalue weighted by Crippen LogP contribution is -2.47. The summed E-state index contributed by atoms with van der Waals surface area (Å²) < 4.78 is 0. The minimum atomic E-state index is -0.00764. The van der Waals surface area contributed by atoms with Crippen LogP contribution in [0.15, 0.2) is 42.5 Å². The average Bonchev–Trinajstić information content (AvgIpc) is 3.34. The van der Waals surface area contributed by atoms with Crippen LogP contribution in [0.25, 0.3) is 22.4 Å². The number of rotatable bonds is 5. The lowest BCUT2D eigenvalue weighted by Gasteiger charge is -2.42. The van der Waals surface area contributed by atoms with Crippen molar-refractivity contribution < 1.29 is 9.59 Å². The summed E-state index contributed by atoms with van der Waals surface area (Å²) in [5.41, 5.74) is 3.92. The van der Waals surface area contributed by atoms with Crippen molar-refractivity contribution in [3.05, 3.63) is 53.6 Å². The molecular weight excluding hydrogens is 448 g/mol. The highest BCUT2D eigenvalue weighted by atomic mass is 16.2. The first-order valence-corrected chi connectivity index (χ1v) is 13.8. The molecule has 3 atom stereocenters. The number of hydrogen-bond acceptors (Lipinski definition) is 3. The Bertz CT molecular complexity index is 1260. The number of carbonyl (C=O) groups is 2. The van der Waals surface area contributed by atoms with Crippen LogP contribution in [0.1, 0.15) is 85.4 Å². The maximum Gasteiger partial charge on any atom is 0.251 e. The van der Waals surface area contributed by atoms with Gasteiger partial charge in [0, 0.05) is 28.8 Å². The molecule has 3 aromatic rings. The number of nitrogens with one attached hydrogen (secondary N) is 3. The molecule has 6 nitrogen and oxygen atoms in total. The fraction of sp³-hybridized carbons (Fsp3) is 0.500. The van der Waals surface area contributed by atoms with Gasteiger partial charge in [-0.15, -0.1) is 0 Å². The van der Waals surface area contributed by atoms with E-state index in [9.17, 15) is 9.59 Å². The molecule has 3 unspecified atom stereocenters. The highest BCUT2D eigenvalue weighted by molar-refractivity contribution is 5.98. The fourth-order valence-electron chi connectivity index (χ4n) is 6.66. The van der Waals surface area contributed by atoms with Gasteiger partial charge in [0.1, 0.15) is 5.82 Å². The van der Waals surface area contributed by atoms with Gasteiger partial charge in [-0.2, -0.15) is 0 Å². The summed E-state index contributed by atoms with van der Waals surface area (Å²) in [7, 11) is 0. The third-order valence-electron chi connectivity index (χ3n) is 8.96. The standard InChI is InChI=1S/C30H36N4O2/c1-18-4-2-3-5-24(18)33-29(35)22-12-10-21(11-13-22)28-31-25-15-14-23(17-27(25)32-28)30(36)34-26-16-19-6-8-20(26)9-7-19/h10-15,17-20,24,26H,2-9,16H2,1H3,(H,31,32)(H,33,35)(H,34,36).